The average Bonchev–Trinajstić information content (AvgIpc) is 2.97. The molecule has 2 rings (SSSR count). The molecule has 18 heavy (non-hydrogen) atoms. The number of rotatable bonds is 3. The van der Waals surface area contributed by atoms with Crippen LogP contribution in [0.25, 0.3) is 0 Å². The number of nitro groups is 1. The molecule has 1 amide bonds. The Labute approximate surface area is 110 Å². The van der Waals surface area contributed by atoms with Crippen LogP contribution in [-0.4, -0.2) is 44.5 Å². The Balaban J connectivity index is 2.20. The van der Waals surface area contributed by atoms with Crippen LogP contribution >= 0.6 is 23.1 Å². The number of carboxylic acids is 1. The van der Waals surface area contributed by atoms with E-state index in [2.05, 4.69) is 0 Å². The normalized spacial score (nSPS) is 18.9. The van der Waals surface area contributed by atoms with E-state index in [4.69, 9.17) is 5.11 Å². The Hall–Kier alpha value is -1.61. The van der Waals surface area contributed by atoms with Gasteiger partial charge in [-0.05, 0) is 0 Å². The van der Waals surface area contributed by atoms with Crippen LogP contribution in [0.4, 0.5) is 5.00 Å². The molecule has 1 aliphatic rings. The fourth-order valence-corrected chi connectivity index (χ4v) is 3.39. The molecule has 0 aromatic carbocycles. The monoisotopic (exact) mass is 288 g/mol. The summed E-state index contributed by atoms with van der Waals surface area (Å²) >= 11 is 2.20. The van der Waals surface area contributed by atoms with Crippen molar-refractivity contribution in [3.8, 4) is 0 Å². The highest BCUT2D eigenvalue weighted by molar-refractivity contribution is 7.99. The maximum Gasteiger partial charge on any atom is 0.327 e. The van der Waals surface area contributed by atoms with E-state index < -0.39 is 22.8 Å². The van der Waals surface area contributed by atoms with Gasteiger partial charge in [0.15, 0.2) is 0 Å². The summed E-state index contributed by atoms with van der Waals surface area (Å²) in [4.78, 5) is 34.1. The summed E-state index contributed by atoms with van der Waals surface area (Å²) < 4.78 is 0. The molecular weight excluding hydrogens is 280 g/mol. The Bertz CT molecular complexity index is 515. The molecule has 0 bridgehead atoms. The highest BCUT2D eigenvalue weighted by Crippen LogP contribution is 2.27. The van der Waals surface area contributed by atoms with Crippen LogP contribution in [0.2, 0.25) is 0 Å². The molecule has 1 fully saturated rings. The SMILES string of the molecule is O=C(O)C1CSCN1C(=O)c1csc([N+](=O)[O-])c1. The van der Waals surface area contributed by atoms with Gasteiger partial charge < -0.3 is 10.0 Å². The van der Waals surface area contributed by atoms with E-state index in [9.17, 15) is 19.7 Å². The first-order valence-corrected chi connectivity index (χ1v) is 6.88. The van der Waals surface area contributed by atoms with Crippen molar-refractivity contribution in [2.45, 2.75) is 6.04 Å². The summed E-state index contributed by atoms with van der Waals surface area (Å²) in [6.07, 6.45) is 0. The van der Waals surface area contributed by atoms with Crippen molar-refractivity contribution in [3.63, 3.8) is 0 Å². The molecule has 7 nitrogen and oxygen atoms in total. The van der Waals surface area contributed by atoms with Crippen LogP contribution in [-0.2, 0) is 4.79 Å². The van der Waals surface area contributed by atoms with Gasteiger partial charge in [0, 0.05) is 17.2 Å². The second-order valence-electron chi connectivity index (χ2n) is 3.56. The smallest absolute Gasteiger partial charge is 0.327 e. The van der Waals surface area contributed by atoms with Gasteiger partial charge >= 0.3 is 11.0 Å². The first kappa shape index (κ1) is 12.8. The van der Waals surface area contributed by atoms with Crippen molar-refractivity contribution in [2.24, 2.45) is 0 Å². The average molecular weight is 288 g/mol. The maximum atomic E-state index is 12.0. The van der Waals surface area contributed by atoms with Crippen molar-refractivity contribution in [1.82, 2.24) is 4.90 Å². The summed E-state index contributed by atoms with van der Waals surface area (Å²) in [5, 5.41) is 20.7. The zero-order valence-electron chi connectivity index (χ0n) is 8.94. The third-order valence-electron chi connectivity index (χ3n) is 2.44. The number of hydrogen-bond acceptors (Lipinski definition) is 6. The zero-order valence-corrected chi connectivity index (χ0v) is 10.6. The van der Waals surface area contributed by atoms with Gasteiger partial charge in [0.05, 0.1) is 16.4 Å². The second-order valence-corrected chi connectivity index (χ2v) is 5.45. The van der Waals surface area contributed by atoms with Crippen LogP contribution in [0.15, 0.2) is 11.4 Å². The predicted octanol–water partition coefficient (Wildman–Crippen LogP) is 1.26. The minimum Gasteiger partial charge on any atom is -0.480 e. The van der Waals surface area contributed by atoms with Gasteiger partial charge in [0.1, 0.15) is 6.04 Å². The summed E-state index contributed by atoms with van der Waals surface area (Å²) in [7, 11) is 0. The van der Waals surface area contributed by atoms with E-state index >= 15 is 0 Å². The molecule has 2 heterocycles. The Morgan fingerprint density at radius 3 is 2.83 bits per heavy atom. The molecule has 0 spiro atoms. The lowest BCUT2D eigenvalue weighted by molar-refractivity contribution is -0.380. The molecular formula is C9H8N2O5S2. The van der Waals surface area contributed by atoms with Gasteiger partial charge in [-0.3, -0.25) is 14.9 Å². The number of carbonyl (C=O) groups is 2. The van der Waals surface area contributed by atoms with Gasteiger partial charge in [-0.25, -0.2) is 4.79 Å². The summed E-state index contributed by atoms with van der Waals surface area (Å²) in [5.41, 5.74) is 0.167. The van der Waals surface area contributed by atoms with Crippen molar-refractivity contribution in [2.75, 3.05) is 11.6 Å². The topological polar surface area (TPSA) is 101 Å². The quantitative estimate of drug-likeness (QED) is 0.663. The standard InChI is InChI=1S/C9H8N2O5S2/c12-8(5-1-7(11(15)16)18-2-5)10-4-17-3-6(10)9(13)14/h1-2,6H,3-4H2,(H,13,14). The minimum absolute atomic E-state index is 0.128. The van der Waals surface area contributed by atoms with Crippen molar-refractivity contribution < 1.29 is 19.6 Å². The van der Waals surface area contributed by atoms with E-state index in [0.29, 0.717) is 11.6 Å². The van der Waals surface area contributed by atoms with Crippen LogP contribution in [0.1, 0.15) is 10.4 Å². The molecule has 1 N–H and O–H groups in total. The van der Waals surface area contributed by atoms with E-state index in [-0.39, 0.29) is 10.6 Å². The van der Waals surface area contributed by atoms with Crippen molar-refractivity contribution >= 4 is 40.0 Å². The van der Waals surface area contributed by atoms with Crippen molar-refractivity contribution in [3.05, 3.63) is 27.1 Å². The van der Waals surface area contributed by atoms with E-state index in [0.717, 1.165) is 11.3 Å². The van der Waals surface area contributed by atoms with Crippen LogP contribution in [0, 0.1) is 10.1 Å². The molecule has 1 aliphatic heterocycles. The fourth-order valence-electron chi connectivity index (χ4n) is 1.55. The Morgan fingerprint density at radius 2 is 2.28 bits per heavy atom. The number of thiophene rings is 1. The number of carbonyl (C=O) groups excluding carboxylic acids is 1. The number of thioether (sulfide) groups is 1. The lowest BCUT2D eigenvalue weighted by atomic mass is 10.2. The summed E-state index contributed by atoms with van der Waals surface area (Å²) in [6.45, 7) is 0. The Morgan fingerprint density at radius 1 is 1.56 bits per heavy atom. The molecule has 1 atom stereocenters. The van der Waals surface area contributed by atoms with Gasteiger partial charge in [0.2, 0.25) is 0 Å². The van der Waals surface area contributed by atoms with Gasteiger partial charge in [0.25, 0.3) is 5.91 Å². The zero-order chi connectivity index (χ0) is 13.3. The molecule has 0 aliphatic carbocycles. The summed E-state index contributed by atoms with van der Waals surface area (Å²) in [6, 6.07) is 0.316. The van der Waals surface area contributed by atoms with Gasteiger partial charge in [-0.15, -0.1) is 11.8 Å². The van der Waals surface area contributed by atoms with Crippen molar-refractivity contribution in [1.29, 1.82) is 0 Å². The lowest BCUT2D eigenvalue weighted by Crippen LogP contribution is -2.41. The lowest BCUT2D eigenvalue weighted by Gasteiger charge is -2.19. The van der Waals surface area contributed by atoms with Crippen LogP contribution in [0.5, 0.6) is 0 Å². The highest BCUT2D eigenvalue weighted by atomic mass is 32.2. The Kier molecular flexibility index (Phi) is 3.53. The molecule has 0 radical (unpaired) electrons. The first-order chi connectivity index (χ1) is 8.50. The van der Waals surface area contributed by atoms with E-state index in [1.807, 2.05) is 0 Å². The molecule has 1 aromatic rings. The van der Waals surface area contributed by atoms with Crippen LogP contribution < -0.4 is 0 Å². The maximum absolute atomic E-state index is 12.0. The molecule has 0 saturated carbocycles. The number of nitrogens with zero attached hydrogens (tertiary/aromatic N) is 2. The number of aliphatic carboxylic acids is 1. The fraction of sp³-hybridized carbons (Fsp3) is 0.333. The first-order valence-electron chi connectivity index (χ1n) is 4.85. The third kappa shape index (κ3) is 2.31. The predicted molar refractivity (Wildman–Crippen MR) is 65.9 cm³/mol. The number of amides is 1. The molecule has 1 unspecified atom stereocenters. The van der Waals surface area contributed by atoms with Gasteiger partial charge in [-0.1, -0.05) is 11.3 Å². The van der Waals surface area contributed by atoms with Crippen LogP contribution in [0.3, 0.4) is 0 Å². The van der Waals surface area contributed by atoms with E-state index in [1.54, 1.807) is 0 Å². The van der Waals surface area contributed by atoms with E-state index in [1.165, 1.54) is 28.1 Å². The van der Waals surface area contributed by atoms with Gasteiger partial charge in [-0.2, -0.15) is 0 Å². The third-order valence-corrected chi connectivity index (χ3v) is 4.33. The molecule has 1 saturated heterocycles. The number of hydrogen-bond donors (Lipinski definition) is 1. The molecule has 1 aromatic heterocycles. The number of carboxylic acid groups (broad SMARTS) is 1. The second kappa shape index (κ2) is 4.94. The summed E-state index contributed by atoms with van der Waals surface area (Å²) in [5.74, 6) is -0.901. The largest absolute Gasteiger partial charge is 0.480 e. The molecule has 9 heteroatoms. The molecule has 96 valence electrons. The minimum atomic E-state index is -1.06. The highest BCUT2D eigenvalue weighted by Gasteiger charge is 2.35.